The van der Waals surface area contributed by atoms with E-state index in [1.54, 1.807) is 0 Å². The van der Waals surface area contributed by atoms with Crippen molar-refractivity contribution < 1.29 is 24.0 Å². The second-order valence-corrected chi connectivity index (χ2v) is 8.31. The van der Waals surface area contributed by atoms with Gasteiger partial charge in [-0.2, -0.15) is 0 Å². The summed E-state index contributed by atoms with van der Waals surface area (Å²) < 4.78 is 0. The predicted molar refractivity (Wildman–Crippen MR) is 180 cm³/mol. The van der Waals surface area contributed by atoms with Crippen LogP contribution in [0.5, 0.6) is 0 Å². The standard InChI is InChI=1S/C4H6N2O2.2C4H8N2O.C4H10N2.C3H6N2O.C3H6N2.5CH4/c7-3-1-5-2-4(8)6-3;2*7-4-3-5-1-2-6-4;1-2-6-4-3-5-1;6-3-1-4-2-5-3;1-2-5-3-4-1;;;;;/h5H,1-2H2,(H,6,7,8);2*5H,1-3H2,(H,6,7);5-6H,1-4H2;4H,1-2H2,(H,5,6);1,5H,2-3H2;5*1H4. The third-order valence-electron chi connectivity index (χ3n) is 4.89. The van der Waals surface area contributed by atoms with E-state index in [4.69, 9.17) is 0 Å². The van der Waals surface area contributed by atoms with Crippen molar-refractivity contribution in [3.05, 3.63) is 0 Å². The topological polar surface area (TPSA) is 230 Å². The Balaban J connectivity index is -0.000000136. The number of carbonyl (C=O) groups is 5. The number of rotatable bonds is 0. The number of hydrogen-bond donors (Lipinski definition) is 11. The van der Waals surface area contributed by atoms with Gasteiger partial charge in [0.2, 0.25) is 29.5 Å². The minimum absolute atomic E-state index is 0. The quantitative estimate of drug-likeness (QED) is 0.115. The molecule has 17 heteroatoms. The van der Waals surface area contributed by atoms with Gasteiger partial charge >= 0.3 is 0 Å². The van der Waals surface area contributed by atoms with Gasteiger partial charge in [-0.15, -0.1) is 0 Å². The van der Waals surface area contributed by atoms with Crippen molar-refractivity contribution in [3.63, 3.8) is 0 Å². The maximum atomic E-state index is 10.3. The van der Waals surface area contributed by atoms with Gasteiger partial charge in [0.05, 0.1) is 46.1 Å². The first-order chi connectivity index (χ1) is 19.0. The van der Waals surface area contributed by atoms with Gasteiger partial charge < -0.3 is 37.2 Å². The predicted octanol–water partition coefficient (Wildman–Crippen LogP) is -3.72. The Bertz CT molecular complexity index is 690. The first kappa shape index (κ1) is 50.6. The molecule has 262 valence electrons. The fraction of sp³-hybridized carbons (Fsp3) is 0.778. The van der Waals surface area contributed by atoms with Crippen molar-refractivity contribution in [1.82, 2.24) is 58.5 Å². The molecule has 0 aliphatic carbocycles. The molecule has 11 N–H and O–H groups in total. The number of nitrogens with one attached hydrogen (secondary N) is 11. The Morgan fingerprint density at radius 2 is 0.841 bits per heavy atom. The fourth-order valence-corrected chi connectivity index (χ4v) is 2.97. The minimum Gasteiger partial charge on any atom is -0.354 e. The molecule has 5 amide bonds. The van der Waals surface area contributed by atoms with Crippen LogP contribution in [0.1, 0.15) is 37.1 Å². The summed E-state index contributed by atoms with van der Waals surface area (Å²) in [5.74, 6) is -0.199. The minimum atomic E-state index is -0.249. The van der Waals surface area contributed by atoms with Crippen molar-refractivity contribution in [1.29, 1.82) is 0 Å². The Labute approximate surface area is 265 Å². The third kappa shape index (κ3) is 33.4. The van der Waals surface area contributed by atoms with E-state index >= 15 is 0 Å². The first-order valence-electron chi connectivity index (χ1n) is 13.0. The number of hydrogen-bond acceptors (Lipinski definition) is 13. The molecule has 6 heterocycles. The number of carbonyl (C=O) groups excluding carboxylic acids is 5. The molecule has 0 atom stereocenters. The van der Waals surface area contributed by atoms with Crippen LogP contribution in [0.3, 0.4) is 0 Å². The van der Waals surface area contributed by atoms with Gasteiger partial charge in [-0.3, -0.25) is 50.2 Å². The lowest BCUT2D eigenvalue weighted by Gasteiger charge is -2.11. The second kappa shape index (κ2) is 36.1. The zero-order valence-electron chi connectivity index (χ0n) is 22.4. The molecule has 44 heavy (non-hydrogen) atoms. The molecule has 0 bridgehead atoms. The van der Waals surface area contributed by atoms with Gasteiger partial charge in [-0.05, 0) is 0 Å². The lowest BCUT2D eigenvalue weighted by Crippen LogP contribution is -2.48. The molecule has 0 radical (unpaired) electrons. The second-order valence-electron chi connectivity index (χ2n) is 8.31. The molecular formula is C27H64N12O5. The summed E-state index contributed by atoms with van der Waals surface area (Å²) in [7, 11) is 0. The van der Waals surface area contributed by atoms with Crippen LogP contribution in [-0.4, -0.2) is 141 Å². The lowest BCUT2D eigenvalue weighted by molar-refractivity contribution is -0.132. The number of imide groups is 1. The maximum Gasteiger partial charge on any atom is 0.240 e. The number of amides is 5. The zero-order chi connectivity index (χ0) is 28.4. The lowest BCUT2D eigenvalue weighted by atomic mass is 10.4. The van der Waals surface area contributed by atoms with Crippen LogP contribution in [0.2, 0.25) is 0 Å². The van der Waals surface area contributed by atoms with E-state index in [1.165, 1.54) is 0 Å². The highest BCUT2D eigenvalue weighted by Gasteiger charge is 2.12. The van der Waals surface area contributed by atoms with E-state index in [2.05, 4.69) is 63.5 Å². The van der Waals surface area contributed by atoms with Crippen LogP contribution < -0.4 is 58.5 Å². The molecule has 5 saturated heterocycles. The molecule has 5 fully saturated rings. The molecule has 6 aliphatic rings. The summed E-state index contributed by atoms with van der Waals surface area (Å²) in [6.45, 7) is 12.3. The van der Waals surface area contributed by atoms with Gasteiger partial charge in [0.15, 0.2) is 0 Å². The van der Waals surface area contributed by atoms with Crippen molar-refractivity contribution in [2.45, 2.75) is 37.1 Å². The molecule has 0 spiro atoms. The Morgan fingerprint density at radius 1 is 0.432 bits per heavy atom. The highest BCUT2D eigenvalue weighted by molar-refractivity contribution is 5.99. The summed E-state index contributed by atoms with van der Waals surface area (Å²) in [6, 6.07) is 0. The smallest absolute Gasteiger partial charge is 0.240 e. The summed E-state index contributed by atoms with van der Waals surface area (Å²) in [5.41, 5.74) is 0. The van der Waals surface area contributed by atoms with Gasteiger partial charge in [-0.1, -0.05) is 37.1 Å². The van der Waals surface area contributed by atoms with Gasteiger partial charge in [-0.25, -0.2) is 0 Å². The summed E-state index contributed by atoms with van der Waals surface area (Å²) >= 11 is 0. The Hall–Kier alpha value is -3.06. The Morgan fingerprint density at radius 3 is 1.00 bits per heavy atom. The van der Waals surface area contributed by atoms with Crippen LogP contribution in [0.15, 0.2) is 4.99 Å². The monoisotopic (exact) mass is 637 g/mol. The van der Waals surface area contributed by atoms with Crippen LogP contribution in [0.25, 0.3) is 0 Å². The van der Waals surface area contributed by atoms with Crippen LogP contribution in [0, 0.1) is 0 Å². The molecule has 0 unspecified atom stereocenters. The molecule has 0 aromatic rings. The van der Waals surface area contributed by atoms with Crippen molar-refractivity contribution in [2.24, 2.45) is 4.99 Å². The van der Waals surface area contributed by atoms with E-state index < -0.39 is 0 Å². The summed E-state index contributed by atoms with van der Waals surface area (Å²) in [6.07, 6.45) is 1.88. The van der Waals surface area contributed by atoms with E-state index in [0.29, 0.717) is 26.3 Å². The van der Waals surface area contributed by atoms with Crippen LogP contribution in [-0.2, 0) is 24.0 Å². The average molecular weight is 637 g/mol. The molecular weight excluding hydrogens is 572 g/mol. The molecule has 6 aliphatic heterocycles. The van der Waals surface area contributed by atoms with Crippen molar-refractivity contribution in [3.8, 4) is 0 Å². The third-order valence-corrected chi connectivity index (χ3v) is 4.89. The zero-order valence-corrected chi connectivity index (χ0v) is 22.4. The molecule has 6 rings (SSSR count). The van der Waals surface area contributed by atoms with E-state index in [9.17, 15) is 24.0 Å². The van der Waals surface area contributed by atoms with Crippen molar-refractivity contribution >= 4 is 35.8 Å². The Kier molecular flexibility index (Phi) is 41.5. The molecule has 0 aromatic carbocycles. The van der Waals surface area contributed by atoms with E-state index in [0.717, 1.165) is 65.6 Å². The summed E-state index contributed by atoms with van der Waals surface area (Å²) in [5, 5.41) is 30.8. The largest absolute Gasteiger partial charge is 0.354 e. The first-order valence-corrected chi connectivity index (χ1v) is 13.0. The highest BCUT2D eigenvalue weighted by atomic mass is 16.2. The van der Waals surface area contributed by atoms with Gasteiger partial charge in [0.25, 0.3) is 0 Å². The van der Waals surface area contributed by atoms with Gasteiger partial charge in [0, 0.05) is 65.1 Å². The molecule has 0 saturated carbocycles. The number of piperazine rings is 4. The van der Waals surface area contributed by atoms with Crippen LogP contribution >= 0.6 is 0 Å². The number of nitrogens with zero attached hydrogens (tertiary/aromatic N) is 1. The SMILES string of the molecule is C.C.C.C.C.C1=NCNC1.C1CNCCN1.O=C1CNCC(=O)N1.O=C1CNCCN1.O=C1CNCCN1.O=C1CNCN1. The van der Waals surface area contributed by atoms with E-state index in [1.807, 2.05) is 6.21 Å². The highest BCUT2D eigenvalue weighted by Crippen LogP contribution is 1.73. The van der Waals surface area contributed by atoms with E-state index in [-0.39, 0.29) is 79.8 Å². The van der Waals surface area contributed by atoms with Crippen molar-refractivity contribution in [2.75, 3.05) is 105 Å². The molecule has 17 nitrogen and oxygen atoms in total. The van der Waals surface area contributed by atoms with Gasteiger partial charge in [0.1, 0.15) is 0 Å². The normalized spacial score (nSPS) is 19.0. The number of aliphatic imine (C=N–C) groups is 1. The molecule has 0 aromatic heterocycles. The summed E-state index contributed by atoms with van der Waals surface area (Å²) in [4.78, 5) is 55.1. The fourth-order valence-electron chi connectivity index (χ4n) is 2.97. The average Bonchev–Trinajstić information content (AvgIpc) is 3.70. The maximum absolute atomic E-state index is 10.3. The van der Waals surface area contributed by atoms with Crippen LogP contribution in [0.4, 0.5) is 0 Å².